The fraction of sp³-hybridized carbons (Fsp3) is 0.391. The van der Waals surface area contributed by atoms with E-state index in [-0.39, 0.29) is 30.8 Å². The van der Waals surface area contributed by atoms with Crippen LogP contribution in [0.4, 0.5) is 5.69 Å². The Hall–Kier alpha value is -3.22. The minimum atomic E-state index is -0.263. The molecule has 0 bridgehead atoms. The number of carbonyl (C=O) groups excluding carboxylic acids is 2. The van der Waals surface area contributed by atoms with Crippen molar-refractivity contribution >= 4 is 17.5 Å². The third-order valence-corrected chi connectivity index (χ3v) is 4.78. The first-order valence-electron chi connectivity index (χ1n) is 10.2. The van der Waals surface area contributed by atoms with Gasteiger partial charge in [0.2, 0.25) is 11.8 Å². The number of anilines is 1. The molecule has 7 nitrogen and oxygen atoms in total. The lowest BCUT2D eigenvalue weighted by Crippen LogP contribution is -2.41. The monoisotopic (exact) mass is 412 g/mol. The van der Waals surface area contributed by atoms with E-state index in [1.54, 1.807) is 12.1 Å². The van der Waals surface area contributed by atoms with E-state index in [2.05, 4.69) is 5.32 Å². The number of hydrogen-bond acceptors (Lipinski definition) is 5. The summed E-state index contributed by atoms with van der Waals surface area (Å²) in [6.07, 6.45) is 0.230. The molecule has 160 valence electrons. The number of amides is 2. The molecule has 0 fully saturated rings. The second-order valence-electron chi connectivity index (χ2n) is 6.91. The van der Waals surface area contributed by atoms with Crippen LogP contribution in [0, 0.1) is 0 Å². The van der Waals surface area contributed by atoms with Crippen molar-refractivity contribution in [2.75, 3.05) is 31.3 Å². The molecule has 0 saturated carbocycles. The Balaban J connectivity index is 1.71. The van der Waals surface area contributed by atoms with Crippen molar-refractivity contribution in [3.8, 4) is 17.2 Å². The molecule has 1 aliphatic rings. The molecule has 1 N–H and O–H groups in total. The maximum absolute atomic E-state index is 12.7. The van der Waals surface area contributed by atoms with E-state index < -0.39 is 0 Å². The molecular weight excluding hydrogens is 384 g/mol. The standard InChI is InChI=1S/C23H28N2O5/c1-4-28-20-11-10-17(14-21(20)29-5-2)16(3)24-22(26)15-25-18-8-6-7-9-19(18)30-13-12-23(25)27/h6-11,14,16H,4-5,12-13,15H2,1-3H3,(H,24,26)/t16-/m0/s1. The van der Waals surface area contributed by atoms with Crippen molar-refractivity contribution in [3.05, 3.63) is 48.0 Å². The van der Waals surface area contributed by atoms with Crippen LogP contribution in [0.15, 0.2) is 42.5 Å². The van der Waals surface area contributed by atoms with Crippen molar-refractivity contribution in [2.24, 2.45) is 0 Å². The summed E-state index contributed by atoms with van der Waals surface area (Å²) in [7, 11) is 0. The normalized spacial score (nSPS) is 14.2. The molecule has 0 radical (unpaired) electrons. The van der Waals surface area contributed by atoms with E-state index in [0.717, 1.165) is 5.56 Å². The number of carbonyl (C=O) groups is 2. The largest absolute Gasteiger partial charge is 0.491 e. The molecule has 0 aliphatic carbocycles. The number of nitrogens with one attached hydrogen (secondary N) is 1. The third-order valence-electron chi connectivity index (χ3n) is 4.78. The zero-order valence-electron chi connectivity index (χ0n) is 17.6. The van der Waals surface area contributed by atoms with Gasteiger partial charge < -0.3 is 19.5 Å². The van der Waals surface area contributed by atoms with Gasteiger partial charge in [0.05, 0.1) is 38.0 Å². The highest BCUT2D eigenvalue weighted by atomic mass is 16.5. The average molecular weight is 412 g/mol. The van der Waals surface area contributed by atoms with E-state index in [1.807, 2.05) is 51.1 Å². The first kappa shape index (κ1) is 21.5. The van der Waals surface area contributed by atoms with Gasteiger partial charge in [-0.25, -0.2) is 0 Å². The average Bonchev–Trinajstić information content (AvgIpc) is 2.88. The number of benzene rings is 2. The maximum Gasteiger partial charge on any atom is 0.240 e. The highest BCUT2D eigenvalue weighted by Gasteiger charge is 2.25. The van der Waals surface area contributed by atoms with Gasteiger partial charge in [-0.3, -0.25) is 14.5 Å². The lowest BCUT2D eigenvalue weighted by Gasteiger charge is -2.23. The number of rotatable bonds is 8. The molecule has 0 saturated heterocycles. The Kier molecular flexibility index (Phi) is 7.17. The summed E-state index contributed by atoms with van der Waals surface area (Å²) in [6, 6.07) is 12.6. The summed E-state index contributed by atoms with van der Waals surface area (Å²) >= 11 is 0. The van der Waals surface area contributed by atoms with Gasteiger partial charge in [0.25, 0.3) is 0 Å². The highest BCUT2D eigenvalue weighted by Crippen LogP contribution is 2.32. The minimum absolute atomic E-state index is 0.0705. The van der Waals surface area contributed by atoms with Crippen molar-refractivity contribution in [2.45, 2.75) is 33.2 Å². The van der Waals surface area contributed by atoms with Crippen LogP contribution < -0.4 is 24.4 Å². The smallest absolute Gasteiger partial charge is 0.240 e. The topological polar surface area (TPSA) is 77.1 Å². The van der Waals surface area contributed by atoms with Gasteiger partial charge in [0, 0.05) is 0 Å². The SMILES string of the molecule is CCOc1ccc([C@H](C)NC(=O)CN2C(=O)CCOc3ccccc32)cc1OCC. The summed E-state index contributed by atoms with van der Waals surface area (Å²) in [5.74, 6) is 1.54. The fourth-order valence-electron chi connectivity index (χ4n) is 3.34. The zero-order chi connectivity index (χ0) is 21.5. The van der Waals surface area contributed by atoms with Crippen LogP contribution in [0.3, 0.4) is 0 Å². The van der Waals surface area contributed by atoms with Gasteiger partial charge in [0.1, 0.15) is 12.3 Å². The van der Waals surface area contributed by atoms with Gasteiger partial charge in [-0.2, -0.15) is 0 Å². The summed E-state index contributed by atoms with van der Waals surface area (Å²) < 4.78 is 16.9. The Morgan fingerprint density at radius 1 is 1.13 bits per heavy atom. The lowest BCUT2D eigenvalue weighted by atomic mass is 10.1. The Labute approximate surface area is 176 Å². The van der Waals surface area contributed by atoms with E-state index in [4.69, 9.17) is 14.2 Å². The van der Waals surface area contributed by atoms with Gasteiger partial charge in [-0.05, 0) is 50.6 Å². The van der Waals surface area contributed by atoms with Crippen LogP contribution in [0.1, 0.15) is 38.8 Å². The number of nitrogens with zero attached hydrogens (tertiary/aromatic N) is 1. The van der Waals surface area contributed by atoms with Crippen LogP contribution in [-0.4, -0.2) is 38.2 Å². The summed E-state index contributed by atoms with van der Waals surface area (Å²) in [4.78, 5) is 26.7. The molecule has 0 unspecified atom stereocenters. The van der Waals surface area contributed by atoms with E-state index in [0.29, 0.717) is 42.8 Å². The summed E-state index contributed by atoms with van der Waals surface area (Å²) in [5.41, 5.74) is 1.50. The van der Waals surface area contributed by atoms with Crippen molar-refractivity contribution in [1.82, 2.24) is 5.32 Å². The predicted molar refractivity (Wildman–Crippen MR) is 114 cm³/mol. The van der Waals surface area contributed by atoms with Crippen LogP contribution >= 0.6 is 0 Å². The van der Waals surface area contributed by atoms with E-state index in [1.165, 1.54) is 4.90 Å². The first-order chi connectivity index (χ1) is 14.5. The molecule has 3 rings (SSSR count). The van der Waals surface area contributed by atoms with E-state index >= 15 is 0 Å². The number of para-hydroxylation sites is 2. The molecule has 1 heterocycles. The Bertz CT molecular complexity index is 899. The predicted octanol–water partition coefficient (Wildman–Crippen LogP) is 3.48. The van der Waals surface area contributed by atoms with Crippen LogP contribution in [0.2, 0.25) is 0 Å². The maximum atomic E-state index is 12.7. The highest BCUT2D eigenvalue weighted by molar-refractivity contribution is 6.00. The van der Waals surface area contributed by atoms with E-state index in [9.17, 15) is 9.59 Å². The second-order valence-corrected chi connectivity index (χ2v) is 6.91. The lowest BCUT2D eigenvalue weighted by molar-refractivity contribution is -0.124. The van der Waals surface area contributed by atoms with Crippen molar-refractivity contribution in [3.63, 3.8) is 0 Å². The number of hydrogen-bond donors (Lipinski definition) is 1. The number of ether oxygens (including phenoxy) is 3. The van der Waals surface area contributed by atoms with Crippen LogP contribution in [-0.2, 0) is 9.59 Å². The molecule has 2 amide bonds. The second kappa shape index (κ2) is 10.0. The van der Waals surface area contributed by atoms with Crippen LogP contribution in [0.5, 0.6) is 17.2 Å². The van der Waals surface area contributed by atoms with Gasteiger partial charge in [-0.15, -0.1) is 0 Å². The van der Waals surface area contributed by atoms with Crippen molar-refractivity contribution < 1.29 is 23.8 Å². The molecule has 0 spiro atoms. The van der Waals surface area contributed by atoms with Gasteiger partial charge in [-0.1, -0.05) is 18.2 Å². The summed E-state index contributed by atoms with van der Waals surface area (Å²) in [6.45, 7) is 7.01. The Morgan fingerprint density at radius 3 is 2.63 bits per heavy atom. The van der Waals surface area contributed by atoms with Crippen molar-refractivity contribution in [1.29, 1.82) is 0 Å². The van der Waals surface area contributed by atoms with Crippen LogP contribution in [0.25, 0.3) is 0 Å². The fourth-order valence-corrected chi connectivity index (χ4v) is 3.34. The molecule has 0 aromatic heterocycles. The third kappa shape index (κ3) is 5.03. The quantitative estimate of drug-likeness (QED) is 0.718. The molecular formula is C23H28N2O5. The molecule has 7 heteroatoms. The van der Waals surface area contributed by atoms with Gasteiger partial charge >= 0.3 is 0 Å². The molecule has 2 aromatic rings. The summed E-state index contributed by atoms with van der Waals surface area (Å²) in [5, 5.41) is 2.97. The van der Waals surface area contributed by atoms with Gasteiger partial charge in [0.15, 0.2) is 11.5 Å². The first-order valence-corrected chi connectivity index (χ1v) is 10.2. The Morgan fingerprint density at radius 2 is 1.87 bits per heavy atom. The molecule has 30 heavy (non-hydrogen) atoms. The molecule has 1 atom stereocenters. The zero-order valence-corrected chi connectivity index (χ0v) is 17.6. The number of fused-ring (bicyclic) bond motifs is 1. The minimum Gasteiger partial charge on any atom is -0.491 e. The molecule has 2 aromatic carbocycles. The molecule has 1 aliphatic heterocycles.